The zero-order valence-electron chi connectivity index (χ0n) is 14.0. The average Bonchev–Trinajstić information content (AvgIpc) is 3.03. The number of methoxy groups -OCH3 is 1. The van der Waals surface area contributed by atoms with Crippen LogP contribution in [0.25, 0.3) is 0 Å². The maximum atomic E-state index is 12.1. The summed E-state index contributed by atoms with van der Waals surface area (Å²) < 4.78 is 7.33. The number of primary amides is 1. The van der Waals surface area contributed by atoms with E-state index in [1.807, 2.05) is 6.20 Å². The third kappa shape index (κ3) is 3.90. The van der Waals surface area contributed by atoms with Gasteiger partial charge in [-0.3, -0.25) is 4.79 Å². The van der Waals surface area contributed by atoms with E-state index < -0.39 is 11.9 Å². The first-order valence-electron chi connectivity index (χ1n) is 8.14. The number of amides is 3. The second-order valence-electron chi connectivity index (χ2n) is 5.89. The SMILES string of the molecule is COc1ccc(C(N)=O)cc1NC(=O)NCc1cn2c(n1)CCCC2. The molecule has 2 aromatic rings. The minimum Gasteiger partial charge on any atom is -0.495 e. The van der Waals surface area contributed by atoms with Crippen LogP contribution >= 0.6 is 0 Å². The molecule has 0 saturated carbocycles. The quantitative estimate of drug-likeness (QED) is 0.766. The molecule has 0 saturated heterocycles. The van der Waals surface area contributed by atoms with Gasteiger partial charge in [-0.05, 0) is 31.0 Å². The van der Waals surface area contributed by atoms with Crippen LogP contribution in [0, 0.1) is 0 Å². The van der Waals surface area contributed by atoms with Gasteiger partial charge in [-0.25, -0.2) is 9.78 Å². The molecule has 0 atom stereocenters. The Bertz CT molecular complexity index is 776. The highest BCUT2D eigenvalue weighted by Crippen LogP contribution is 2.25. The van der Waals surface area contributed by atoms with Gasteiger partial charge in [0.05, 0.1) is 25.0 Å². The topological polar surface area (TPSA) is 111 Å². The number of anilines is 1. The Labute approximate surface area is 145 Å². The van der Waals surface area contributed by atoms with Crippen molar-refractivity contribution in [2.24, 2.45) is 5.73 Å². The second kappa shape index (κ2) is 7.25. The number of hydrogen-bond acceptors (Lipinski definition) is 4. The first-order chi connectivity index (χ1) is 12.1. The van der Waals surface area contributed by atoms with E-state index in [9.17, 15) is 9.59 Å². The van der Waals surface area contributed by atoms with Gasteiger partial charge in [0.2, 0.25) is 5.91 Å². The van der Waals surface area contributed by atoms with Crippen molar-refractivity contribution in [2.75, 3.05) is 12.4 Å². The van der Waals surface area contributed by atoms with E-state index in [4.69, 9.17) is 10.5 Å². The lowest BCUT2D eigenvalue weighted by molar-refractivity contribution is 0.1000. The zero-order chi connectivity index (χ0) is 17.8. The molecular formula is C17H21N5O3. The summed E-state index contributed by atoms with van der Waals surface area (Å²) in [5.74, 6) is 0.937. The molecular weight excluding hydrogens is 322 g/mol. The fourth-order valence-electron chi connectivity index (χ4n) is 2.85. The summed E-state index contributed by atoms with van der Waals surface area (Å²) in [7, 11) is 1.48. The van der Waals surface area contributed by atoms with Gasteiger partial charge in [0, 0.05) is 24.7 Å². The molecule has 2 heterocycles. The minimum atomic E-state index is -0.574. The first kappa shape index (κ1) is 16.8. The van der Waals surface area contributed by atoms with Crippen molar-refractivity contribution < 1.29 is 14.3 Å². The van der Waals surface area contributed by atoms with E-state index >= 15 is 0 Å². The Balaban J connectivity index is 1.63. The van der Waals surface area contributed by atoms with Crippen LogP contribution in [-0.2, 0) is 19.5 Å². The Morgan fingerprint density at radius 3 is 2.92 bits per heavy atom. The smallest absolute Gasteiger partial charge is 0.319 e. The van der Waals surface area contributed by atoms with Crippen LogP contribution in [0.4, 0.5) is 10.5 Å². The van der Waals surface area contributed by atoms with E-state index in [-0.39, 0.29) is 5.56 Å². The number of nitrogens with zero attached hydrogens (tertiary/aromatic N) is 2. The summed E-state index contributed by atoms with van der Waals surface area (Å²) in [5, 5.41) is 5.43. The van der Waals surface area contributed by atoms with E-state index in [0.717, 1.165) is 37.3 Å². The predicted molar refractivity (Wildman–Crippen MR) is 92.5 cm³/mol. The number of urea groups is 1. The molecule has 1 aliphatic heterocycles. The summed E-state index contributed by atoms with van der Waals surface area (Å²) in [6.07, 6.45) is 5.26. The molecule has 3 amide bonds. The third-order valence-corrected chi connectivity index (χ3v) is 4.12. The zero-order valence-corrected chi connectivity index (χ0v) is 14.0. The van der Waals surface area contributed by atoms with Crippen LogP contribution < -0.4 is 21.1 Å². The van der Waals surface area contributed by atoms with Crippen LogP contribution in [0.1, 0.15) is 34.7 Å². The molecule has 1 aromatic carbocycles. The van der Waals surface area contributed by atoms with Gasteiger partial charge in [0.1, 0.15) is 11.6 Å². The van der Waals surface area contributed by atoms with Crippen molar-refractivity contribution >= 4 is 17.6 Å². The fourth-order valence-corrected chi connectivity index (χ4v) is 2.85. The summed E-state index contributed by atoms with van der Waals surface area (Å²) in [4.78, 5) is 28.0. The highest BCUT2D eigenvalue weighted by molar-refractivity contribution is 5.97. The molecule has 132 valence electrons. The second-order valence-corrected chi connectivity index (χ2v) is 5.89. The summed E-state index contributed by atoms with van der Waals surface area (Å²) >= 11 is 0. The van der Waals surface area contributed by atoms with Gasteiger partial charge in [-0.2, -0.15) is 0 Å². The van der Waals surface area contributed by atoms with Gasteiger partial charge >= 0.3 is 6.03 Å². The number of carbonyl (C=O) groups is 2. The molecule has 1 aromatic heterocycles. The number of fused-ring (bicyclic) bond motifs is 1. The molecule has 3 rings (SSSR count). The Morgan fingerprint density at radius 2 is 2.20 bits per heavy atom. The molecule has 0 fully saturated rings. The molecule has 0 bridgehead atoms. The number of ether oxygens (including phenoxy) is 1. The molecule has 0 spiro atoms. The van der Waals surface area contributed by atoms with E-state index in [1.165, 1.54) is 13.2 Å². The average molecular weight is 343 g/mol. The maximum Gasteiger partial charge on any atom is 0.319 e. The lowest BCUT2D eigenvalue weighted by Gasteiger charge is -2.12. The number of nitrogens with one attached hydrogen (secondary N) is 2. The van der Waals surface area contributed by atoms with E-state index in [0.29, 0.717) is 18.0 Å². The highest BCUT2D eigenvalue weighted by Gasteiger charge is 2.14. The summed E-state index contributed by atoms with van der Waals surface area (Å²) in [6.45, 7) is 1.30. The van der Waals surface area contributed by atoms with Gasteiger partial charge in [0.25, 0.3) is 0 Å². The number of imidazole rings is 1. The van der Waals surface area contributed by atoms with Crippen LogP contribution in [0.2, 0.25) is 0 Å². The molecule has 0 radical (unpaired) electrons. The fraction of sp³-hybridized carbons (Fsp3) is 0.353. The molecule has 1 aliphatic rings. The summed E-state index contributed by atoms with van der Waals surface area (Å²) in [6, 6.07) is 4.20. The molecule has 8 nitrogen and oxygen atoms in total. The van der Waals surface area contributed by atoms with Crippen molar-refractivity contribution in [3.05, 3.63) is 41.5 Å². The largest absolute Gasteiger partial charge is 0.495 e. The Hall–Kier alpha value is -3.03. The lowest BCUT2D eigenvalue weighted by atomic mass is 10.2. The van der Waals surface area contributed by atoms with E-state index in [2.05, 4.69) is 20.2 Å². The van der Waals surface area contributed by atoms with Crippen molar-refractivity contribution in [3.63, 3.8) is 0 Å². The van der Waals surface area contributed by atoms with Crippen molar-refractivity contribution in [1.29, 1.82) is 0 Å². The van der Waals surface area contributed by atoms with Gasteiger partial charge in [-0.1, -0.05) is 0 Å². The normalized spacial score (nSPS) is 13.0. The van der Waals surface area contributed by atoms with Crippen LogP contribution in [-0.4, -0.2) is 28.6 Å². The third-order valence-electron chi connectivity index (χ3n) is 4.12. The monoisotopic (exact) mass is 343 g/mol. The number of benzene rings is 1. The van der Waals surface area contributed by atoms with E-state index in [1.54, 1.807) is 12.1 Å². The highest BCUT2D eigenvalue weighted by atomic mass is 16.5. The van der Waals surface area contributed by atoms with Crippen molar-refractivity contribution in [1.82, 2.24) is 14.9 Å². The Morgan fingerprint density at radius 1 is 1.36 bits per heavy atom. The number of aryl methyl sites for hydroxylation is 2. The van der Waals surface area contributed by atoms with Crippen molar-refractivity contribution in [3.8, 4) is 5.75 Å². The van der Waals surface area contributed by atoms with Crippen LogP contribution in [0.3, 0.4) is 0 Å². The van der Waals surface area contributed by atoms with Crippen molar-refractivity contribution in [2.45, 2.75) is 32.4 Å². The number of carbonyl (C=O) groups excluding carboxylic acids is 2. The Kier molecular flexibility index (Phi) is 4.87. The molecule has 25 heavy (non-hydrogen) atoms. The number of hydrogen-bond donors (Lipinski definition) is 3. The number of aromatic nitrogens is 2. The molecule has 0 unspecified atom stereocenters. The first-order valence-corrected chi connectivity index (χ1v) is 8.14. The standard InChI is InChI=1S/C17H21N5O3/c1-25-14-6-5-11(16(18)23)8-13(14)21-17(24)19-9-12-10-22-7-3-2-4-15(22)20-12/h5-6,8,10H,2-4,7,9H2,1H3,(H2,18,23)(H2,19,21,24). The maximum absolute atomic E-state index is 12.1. The molecule has 4 N–H and O–H groups in total. The van der Waals surface area contributed by atoms with Gasteiger partial charge in [0.15, 0.2) is 0 Å². The predicted octanol–water partition coefficient (Wildman–Crippen LogP) is 1.65. The molecule has 8 heteroatoms. The lowest BCUT2D eigenvalue weighted by Crippen LogP contribution is -2.28. The van der Waals surface area contributed by atoms with Crippen LogP contribution in [0.15, 0.2) is 24.4 Å². The van der Waals surface area contributed by atoms with Gasteiger partial charge < -0.3 is 25.7 Å². The summed E-state index contributed by atoms with van der Waals surface area (Å²) in [5.41, 5.74) is 6.76. The number of nitrogens with two attached hydrogens (primary N) is 1. The number of rotatable bonds is 5. The van der Waals surface area contributed by atoms with Crippen LogP contribution in [0.5, 0.6) is 5.75 Å². The molecule has 0 aliphatic carbocycles. The van der Waals surface area contributed by atoms with Gasteiger partial charge in [-0.15, -0.1) is 0 Å². The minimum absolute atomic E-state index is 0.290.